The fourth-order valence-electron chi connectivity index (χ4n) is 6.55. The highest BCUT2D eigenvalue weighted by Gasteiger charge is 2.46. The Kier molecular flexibility index (Phi) is 15.5. The van der Waals surface area contributed by atoms with E-state index in [4.69, 9.17) is 23.7 Å². The van der Waals surface area contributed by atoms with Gasteiger partial charge in [-0.3, -0.25) is 39.1 Å². The lowest BCUT2D eigenvalue weighted by Crippen LogP contribution is -2.54. The molecule has 1 fully saturated rings. The minimum absolute atomic E-state index is 0.00389. The van der Waals surface area contributed by atoms with E-state index < -0.39 is 94.6 Å². The maximum absolute atomic E-state index is 14.2. The number of fused-ring (bicyclic) bond motifs is 1. The van der Waals surface area contributed by atoms with Gasteiger partial charge in [0, 0.05) is 24.7 Å². The quantitative estimate of drug-likeness (QED) is 0.0732. The van der Waals surface area contributed by atoms with E-state index in [9.17, 15) is 59.5 Å². The van der Waals surface area contributed by atoms with Crippen LogP contribution in [0, 0.1) is 5.82 Å². The molecule has 18 nitrogen and oxygen atoms in total. The number of nitrogens with one attached hydrogen (secondary N) is 2. The molecule has 3 aromatic carbocycles. The van der Waals surface area contributed by atoms with Crippen LogP contribution in [0.2, 0.25) is 0 Å². The van der Waals surface area contributed by atoms with Crippen LogP contribution < -0.4 is 20.3 Å². The summed E-state index contributed by atoms with van der Waals surface area (Å²) in [5.41, 5.74) is -4.93. The van der Waals surface area contributed by atoms with E-state index in [1.807, 2.05) is 0 Å². The van der Waals surface area contributed by atoms with Gasteiger partial charge in [-0.25, -0.2) is 13.9 Å². The third-order valence-corrected chi connectivity index (χ3v) is 9.77. The number of nitrogens with zero attached hydrogens (tertiary/aromatic N) is 5. The number of aromatic nitrogens is 3. The van der Waals surface area contributed by atoms with Crippen LogP contribution in [0.15, 0.2) is 60.8 Å². The highest BCUT2D eigenvalue weighted by Crippen LogP contribution is 2.46. The molecule has 0 spiro atoms. The van der Waals surface area contributed by atoms with Gasteiger partial charge in [0.05, 0.1) is 86.9 Å². The van der Waals surface area contributed by atoms with Crippen LogP contribution >= 0.6 is 0 Å². The van der Waals surface area contributed by atoms with Crippen molar-refractivity contribution in [1.29, 1.82) is 0 Å². The number of hydrogen-bond acceptors (Lipinski definition) is 13. The molecule has 0 radical (unpaired) electrons. The zero-order chi connectivity index (χ0) is 47.8. The van der Waals surface area contributed by atoms with E-state index >= 15 is 0 Å². The van der Waals surface area contributed by atoms with Crippen molar-refractivity contribution >= 4 is 47.0 Å². The molecule has 6 rings (SSSR count). The first-order valence-electron chi connectivity index (χ1n) is 19.7. The molecule has 1 aromatic heterocycles. The van der Waals surface area contributed by atoms with E-state index in [0.717, 1.165) is 52.0 Å². The molecule has 1 atom stereocenters. The van der Waals surface area contributed by atoms with Gasteiger partial charge in [-0.05, 0) is 55.0 Å². The topological polar surface area (TPSA) is 210 Å². The molecular weight excluding hydrogens is 899 g/mol. The molecule has 0 saturated carbocycles. The highest BCUT2D eigenvalue weighted by atomic mass is 19.4. The van der Waals surface area contributed by atoms with Gasteiger partial charge in [-0.2, -0.15) is 26.3 Å². The van der Waals surface area contributed by atoms with E-state index in [1.54, 1.807) is 0 Å². The molecule has 1 saturated heterocycles. The maximum atomic E-state index is 14.2. The third kappa shape index (κ3) is 11.9. The van der Waals surface area contributed by atoms with Gasteiger partial charge < -0.3 is 29.0 Å². The van der Waals surface area contributed by atoms with Gasteiger partial charge in [0.15, 0.2) is 5.75 Å². The number of benzene rings is 3. The van der Waals surface area contributed by atoms with E-state index in [1.165, 1.54) is 18.2 Å². The fraction of sp³-hybridized carbons (Fsp3) is 0.366. The summed E-state index contributed by atoms with van der Waals surface area (Å²) in [5, 5.41) is 12.1. The first kappa shape index (κ1) is 48.6. The average molecular weight is 938 g/mol. The number of carbonyl (C=O) groups excluding carboxylic acids is 6. The Hall–Kier alpha value is -6.83. The smallest absolute Gasteiger partial charge is 0.409 e. The average Bonchev–Trinajstić information content (AvgIpc) is 3.83. The van der Waals surface area contributed by atoms with Crippen LogP contribution in [0.25, 0.3) is 11.3 Å². The summed E-state index contributed by atoms with van der Waals surface area (Å²) in [7, 11) is 1.10. The second-order valence-electron chi connectivity index (χ2n) is 14.3. The summed E-state index contributed by atoms with van der Waals surface area (Å²) in [6.45, 7) is 0.0460. The van der Waals surface area contributed by atoms with Crippen LogP contribution in [0.3, 0.4) is 0 Å². The molecule has 0 bridgehead atoms. The van der Waals surface area contributed by atoms with E-state index in [2.05, 4.69) is 20.9 Å². The molecule has 66 heavy (non-hydrogen) atoms. The standard InChI is InChI=1S/C41H38F7N7O11/c1-53(25-7-5-24(42)6-8-25)39(61)66-35-27(19-23(40(43,44)45)20-28(35)41(46,47)48)30-21-54(52-51-30)11-12-62-13-14-63-15-16-64-17-18-65-22-33(57)49-29-4-2-3-26-34(29)38(60)55(37(26)59)31-9-10-32(56)50-36(31)58/h2-8,19-21,31H,9-18,22H2,1H3,(H,49,57)(H,50,56,58). The molecule has 1 unspecified atom stereocenters. The van der Waals surface area contributed by atoms with Gasteiger partial charge >= 0.3 is 18.4 Å². The first-order chi connectivity index (χ1) is 31.3. The lowest BCUT2D eigenvalue weighted by molar-refractivity contribution is -0.143. The Bertz CT molecular complexity index is 2460. The Morgan fingerprint density at radius 3 is 2.12 bits per heavy atom. The van der Waals surface area contributed by atoms with Crippen LogP contribution in [-0.4, -0.2) is 121 Å². The molecule has 4 aromatic rings. The number of rotatable bonds is 19. The molecule has 25 heteroatoms. The van der Waals surface area contributed by atoms with Gasteiger partial charge in [0.25, 0.3) is 11.8 Å². The molecule has 3 heterocycles. The van der Waals surface area contributed by atoms with Crippen molar-refractivity contribution < 1.29 is 83.2 Å². The molecular formula is C41H38F7N7O11. The predicted octanol–water partition coefficient (Wildman–Crippen LogP) is 4.86. The number of hydrogen-bond donors (Lipinski definition) is 2. The van der Waals surface area contributed by atoms with Crippen LogP contribution in [-0.2, 0) is 52.2 Å². The Balaban J connectivity index is 0.895. The number of imide groups is 2. The van der Waals surface area contributed by atoms with E-state index in [0.29, 0.717) is 6.07 Å². The molecule has 2 N–H and O–H groups in total. The maximum Gasteiger partial charge on any atom is 0.420 e. The summed E-state index contributed by atoms with van der Waals surface area (Å²) < 4.78 is 125. The molecule has 352 valence electrons. The van der Waals surface area contributed by atoms with Gasteiger partial charge in [-0.15, -0.1) is 5.10 Å². The molecule has 0 aliphatic carbocycles. The number of ether oxygens (including phenoxy) is 5. The normalized spacial score (nSPS) is 15.2. The monoisotopic (exact) mass is 937 g/mol. The SMILES string of the molecule is CN(C(=O)Oc1c(-c2cn(CCOCCOCCOCCOCC(=O)Nc3cccc4c3C(=O)N(C3CCC(=O)NC3=O)C4=O)nn2)cc(C(F)(F)F)cc1C(F)(F)F)c1ccc(F)cc1. The third-order valence-electron chi connectivity index (χ3n) is 9.77. The second-order valence-corrected chi connectivity index (χ2v) is 14.3. The second kappa shape index (κ2) is 21.0. The minimum atomic E-state index is -5.41. The Morgan fingerprint density at radius 2 is 1.48 bits per heavy atom. The van der Waals surface area contributed by atoms with Gasteiger partial charge in [-0.1, -0.05) is 11.3 Å². The predicted molar refractivity (Wildman–Crippen MR) is 211 cm³/mol. The summed E-state index contributed by atoms with van der Waals surface area (Å²) in [5.74, 6) is -5.34. The zero-order valence-corrected chi connectivity index (χ0v) is 34.5. The number of piperidine rings is 1. The van der Waals surface area contributed by atoms with Gasteiger partial charge in [0.2, 0.25) is 17.7 Å². The highest BCUT2D eigenvalue weighted by molar-refractivity contribution is 6.26. The Morgan fingerprint density at radius 1 is 0.833 bits per heavy atom. The number of halogens is 7. The molecule has 2 aliphatic heterocycles. The largest absolute Gasteiger partial charge is 0.420 e. The lowest BCUT2D eigenvalue weighted by atomic mass is 10.0. The summed E-state index contributed by atoms with van der Waals surface area (Å²) in [6.07, 6.45) is -11.1. The van der Waals surface area contributed by atoms with Crippen molar-refractivity contribution in [1.82, 2.24) is 25.2 Å². The summed E-state index contributed by atoms with van der Waals surface area (Å²) >= 11 is 0. The van der Waals surface area contributed by atoms with Crippen LogP contribution in [0.4, 0.5) is 46.9 Å². The minimum Gasteiger partial charge on any atom is -0.409 e. The van der Waals surface area contributed by atoms with Crippen molar-refractivity contribution in [3.8, 4) is 17.0 Å². The van der Waals surface area contributed by atoms with Crippen molar-refractivity contribution in [3.05, 3.63) is 88.9 Å². The lowest BCUT2D eigenvalue weighted by Gasteiger charge is -2.27. The van der Waals surface area contributed by atoms with Crippen molar-refractivity contribution in [2.45, 2.75) is 37.8 Å². The van der Waals surface area contributed by atoms with Crippen molar-refractivity contribution in [2.24, 2.45) is 0 Å². The fourth-order valence-corrected chi connectivity index (χ4v) is 6.55. The number of anilines is 2. The van der Waals surface area contributed by atoms with Crippen molar-refractivity contribution in [3.63, 3.8) is 0 Å². The van der Waals surface area contributed by atoms with Gasteiger partial charge in [0.1, 0.15) is 24.2 Å². The van der Waals surface area contributed by atoms with E-state index in [-0.39, 0.29) is 94.2 Å². The number of amides is 6. The number of carbonyl (C=O) groups is 6. The molecule has 6 amide bonds. The first-order valence-corrected chi connectivity index (χ1v) is 19.7. The van der Waals surface area contributed by atoms with Crippen LogP contribution in [0.1, 0.15) is 44.7 Å². The summed E-state index contributed by atoms with van der Waals surface area (Å²) in [4.78, 5) is 77.1. The Labute approximate surface area is 368 Å². The number of alkyl halides is 6. The zero-order valence-electron chi connectivity index (χ0n) is 34.5. The molecule has 2 aliphatic rings. The summed E-state index contributed by atoms with van der Waals surface area (Å²) in [6, 6.07) is 7.49. The van der Waals surface area contributed by atoms with Crippen molar-refractivity contribution in [2.75, 3.05) is 70.1 Å². The van der Waals surface area contributed by atoms with Crippen LogP contribution in [0.5, 0.6) is 5.75 Å².